The highest BCUT2D eigenvalue weighted by Gasteiger charge is 2.20. The van der Waals surface area contributed by atoms with Crippen molar-refractivity contribution in [3.8, 4) is 0 Å². The summed E-state index contributed by atoms with van der Waals surface area (Å²) in [5.74, 6) is 0.0719. The summed E-state index contributed by atoms with van der Waals surface area (Å²) in [6.45, 7) is 3.54. The zero-order chi connectivity index (χ0) is 19.7. The van der Waals surface area contributed by atoms with Gasteiger partial charge in [-0.1, -0.05) is 17.7 Å². The third-order valence-electron chi connectivity index (χ3n) is 4.95. The highest BCUT2D eigenvalue weighted by molar-refractivity contribution is 7.92. The van der Waals surface area contributed by atoms with E-state index < -0.39 is 10.0 Å². The molecule has 5 nitrogen and oxygen atoms in total. The lowest BCUT2D eigenvalue weighted by Crippen LogP contribution is -2.35. The fourth-order valence-corrected chi connectivity index (χ4v) is 5.46. The van der Waals surface area contributed by atoms with Gasteiger partial charge in [0.25, 0.3) is 15.9 Å². The molecule has 1 amide bonds. The van der Waals surface area contributed by atoms with Crippen LogP contribution < -0.4 is 4.72 Å². The minimum atomic E-state index is -3.65. The maximum Gasteiger partial charge on any atom is 0.263 e. The molecule has 0 saturated carbocycles. The lowest BCUT2D eigenvalue weighted by Gasteiger charge is -2.26. The SMILES string of the molecule is Cc1ccc(S(=O)(=O)Nc2ccc3sc(C(=O)N4CCCCC4)cc3c2)cc1. The standard InChI is InChI=1S/C21H22N2O3S2/c1-15-5-8-18(9-6-15)28(25,26)22-17-7-10-19-16(13-17)14-20(27-19)21(24)23-11-3-2-4-12-23/h5-10,13-14,22H,2-4,11-12H2,1H3. The van der Waals surface area contributed by atoms with Gasteiger partial charge < -0.3 is 4.90 Å². The lowest BCUT2D eigenvalue weighted by atomic mass is 10.1. The Labute approximate surface area is 169 Å². The lowest BCUT2D eigenvalue weighted by molar-refractivity contribution is 0.0729. The van der Waals surface area contributed by atoms with Gasteiger partial charge in [0.15, 0.2) is 0 Å². The number of carbonyl (C=O) groups is 1. The van der Waals surface area contributed by atoms with Crippen molar-refractivity contribution in [2.45, 2.75) is 31.1 Å². The van der Waals surface area contributed by atoms with Crippen LogP contribution in [0.2, 0.25) is 0 Å². The van der Waals surface area contributed by atoms with Crippen molar-refractivity contribution in [3.05, 3.63) is 59.0 Å². The van der Waals surface area contributed by atoms with Crippen molar-refractivity contribution in [1.29, 1.82) is 0 Å². The van der Waals surface area contributed by atoms with E-state index in [4.69, 9.17) is 0 Å². The third kappa shape index (κ3) is 3.91. The van der Waals surface area contributed by atoms with Crippen LogP contribution in [0.4, 0.5) is 5.69 Å². The molecule has 0 unspecified atom stereocenters. The number of hydrogen-bond acceptors (Lipinski definition) is 4. The van der Waals surface area contributed by atoms with E-state index in [1.54, 1.807) is 36.4 Å². The number of nitrogens with one attached hydrogen (secondary N) is 1. The molecule has 4 rings (SSSR count). The monoisotopic (exact) mass is 414 g/mol. The minimum Gasteiger partial charge on any atom is -0.338 e. The number of carbonyl (C=O) groups excluding carboxylic acids is 1. The number of likely N-dealkylation sites (tertiary alicyclic amines) is 1. The summed E-state index contributed by atoms with van der Waals surface area (Å²) in [6.07, 6.45) is 3.30. The van der Waals surface area contributed by atoms with Gasteiger partial charge in [-0.25, -0.2) is 8.42 Å². The van der Waals surface area contributed by atoms with Gasteiger partial charge in [-0.15, -0.1) is 11.3 Å². The van der Waals surface area contributed by atoms with Crippen LogP contribution in [0.3, 0.4) is 0 Å². The van der Waals surface area contributed by atoms with Gasteiger partial charge >= 0.3 is 0 Å². The molecule has 3 aromatic rings. The fraction of sp³-hybridized carbons (Fsp3) is 0.286. The summed E-state index contributed by atoms with van der Waals surface area (Å²) in [5.41, 5.74) is 1.49. The number of benzene rings is 2. The smallest absolute Gasteiger partial charge is 0.263 e. The van der Waals surface area contributed by atoms with Gasteiger partial charge in [-0.05, 0) is 68.0 Å². The average Bonchev–Trinajstić information content (AvgIpc) is 3.11. The third-order valence-corrected chi connectivity index (χ3v) is 7.46. The first kappa shape index (κ1) is 19.0. The Hall–Kier alpha value is -2.38. The fourth-order valence-electron chi connectivity index (χ4n) is 3.40. The first-order chi connectivity index (χ1) is 13.4. The van der Waals surface area contributed by atoms with E-state index in [0.29, 0.717) is 10.6 Å². The van der Waals surface area contributed by atoms with E-state index in [9.17, 15) is 13.2 Å². The number of rotatable bonds is 4. The predicted molar refractivity (Wildman–Crippen MR) is 114 cm³/mol. The Bertz CT molecular complexity index is 1110. The highest BCUT2D eigenvalue weighted by atomic mass is 32.2. The molecule has 0 aliphatic carbocycles. The average molecular weight is 415 g/mol. The van der Waals surface area contributed by atoms with Crippen molar-refractivity contribution in [2.75, 3.05) is 17.8 Å². The van der Waals surface area contributed by atoms with Crippen LogP contribution in [0.5, 0.6) is 0 Å². The van der Waals surface area contributed by atoms with Crippen LogP contribution in [0.15, 0.2) is 53.4 Å². The van der Waals surface area contributed by atoms with E-state index in [-0.39, 0.29) is 10.8 Å². The number of aryl methyl sites for hydroxylation is 1. The van der Waals surface area contributed by atoms with Gasteiger partial charge in [0, 0.05) is 23.5 Å². The van der Waals surface area contributed by atoms with Crippen LogP contribution in [-0.4, -0.2) is 32.3 Å². The summed E-state index contributed by atoms with van der Waals surface area (Å²) in [6, 6.07) is 14.0. The highest BCUT2D eigenvalue weighted by Crippen LogP contribution is 2.30. The molecule has 2 aromatic carbocycles. The van der Waals surface area contributed by atoms with Gasteiger partial charge in [-0.3, -0.25) is 9.52 Å². The van der Waals surface area contributed by atoms with Gasteiger partial charge in [-0.2, -0.15) is 0 Å². The van der Waals surface area contributed by atoms with Crippen molar-refractivity contribution in [2.24, 2.45) is 0 Å². The number of piperidine rings is 1. The molecule has 1 N–H and O–H groups in total. The first-order valence-electron chi connectivity index (χ1n) is 9.35. The molecule has 2 heterocycles. The Balaban J connectivity index is 1.57. The van der Waals surface area contributed by atoms with E-state index in [1.165, 1.54) is 17.8 Å². The Morgan fingerprint density at radius 2 is 1.71 bits per heavy atom. The summed E-state index contributed by atoms with van der Waals surface area (Å²) < 4.78 is 28.8. The van der Waals surface area contributed by atoms with Crippen LogP contribution in [0, 0.1) is 6.92 Å². The Kier molecular flexibility index (Phi) is 5.12. The van der Waals surface area contributed by atoms with E-state index in [0.717, 1.165) is 41.6 Å². The number of nitrogens with zero attached hydrogens (tertiary/aromatic N) is 1. The maximum atomic E-state index is 12.7. The quantitative estimate of drug-likeness (QED) is 0.676. The molecule has 1 aliphatic rings. The molecular formula is C21H22N2O3S2. The zero-order valence-electron chi connectivity index (χ0n) is 15.6. The molecular weight excluding hydrogens is 392 g/mol. The van der Waals surface area contributed by atoms with Crippen LogP contribution in [-0.2, 0) is 10.0 Å². The number of anilines is 1. The van der Waals surface area contributed by atoms with E-state index in [1.807, 2.05) is 24.0 Å². The van der Waals surface area contributed by atoms with Crippen LogP contribution in [0.1, 0.15) is 34.5 Å². The molecule has 28 heavy (non-hydrogen) atoms. The second-order valence-electron chi connectivity index (χ2n) is 7.13. The molecule has 1 saturated heterocycles. The molecule has 7 heteroatoms. The number of fused-ring (bicyclic) bond motifs is 1. The maximum absolute atomic E-state index is 12.7. The van der Waals surface area contributed by atoms with Gasteiger partial charge in [0.05, 0.1) is 9.77 Å². The van der Waals surface area contributed by atoms with Crippen molar-refractivity contribution in [1.82, 2.24) is 4.90 Å². The predicted octanol–water partition coefficient (Wildman–Crippen LogP) is 4.64. The molecule has 0 radical (unpaired) electrons. The summed E-state index contributed by atoms with van der Waals surface area (Å²) in [5, 5.41) is 0.870. The first-order valence-corrected chi connectivity index (χ1v) is 11.6. The molecule has 1 aromatic heterocycles. The topological polar surface area (TPSA) is 66.5 Å². The molecule has 146 valence electrons. The Morgan fingerprint density at radius 3 is 2.43 bits per heavy atom. The summed E-state index contributed by atoms with van der Waals surface area (Å²) >= 11 is 1.46. The zero-order valence-corrected chi connectivity index (χ0v) is 17.3. The molecule has 0 spiro atoms. The summed E-state index contributed by atoms with van der Waals surface area (Å²) in [4.78, 5) is 15.6. The molecule has 1 aliphatic heterocycles. The van der Waals surface area contributed by atoms with Crippen LogP contribution >= 0.6 is 11.3 Å². The number of amides is 1. The number of thiophene rings is 1. The second-order valence-corrected chi connectivity index (χ2v) is 9.90. The minimum absolute atomic E-state index is 0.0719. The Morgan fingerprint density at radius 1 is 1.00 bits per heavy atom. The molecule has 1 fully saturated rings. The van der Waals surface area contributed by atoms with Gasteiger partial charge in [0.2, 0.25) is 0 Å². The van der Waals surface area contributed by atoms with E-state index in [2.05, 4.69) is 4.72 Å². The van der Waals surface area contributed by atoms with Crippen molar-refractivity contribution < 1.29 is 13.2 Å². The van der Waals surface area contributed by atoms with Crippen molar-refractivity contribution >= 4 is 43.0 Å². The molecule has 0 atom stereocenters. The molecule has 0 bridgehead atoms. The summed E-state index contributed by atoms with van der Waals surface area (Å²) in [7, 11) is -3.65. The van der Waals surface area contributed by atoms with Gasteiger partial charge in [0.1, 0.15) is 0 Å². The van der Waals surface area contributed by atoms with Crippen LogP contribution in [0.25, 0.3) is 10.1 Å². The second kappa shape index (κ2) is 7.56. The largest absolute Gasteiger partial charge is 0.338 e. The van der Waals surface area contributed by atoms with Crippen molar-refractivity contribution in [3.63, 3.8) is 0 Å². The number of hydrogen-bond donors (Lipinski definition) is 1. The normalized spacial score (nSPS) is 15.0. The number of sulfonamides is 1. The van der Waals surface area contributed by atoms with E-state index >= 15 is 0 Å².